The van der Waals surface area contributed by atoms with Gasteiger partial charge in [0.05, 0.1) is 0 Å². The van der Waals surface area contributed by atoms with E-state index < -0.39 is 36.6 Å². The van der Waals surface area contributed by atoms with Crippen LogP contribution in [0.3, 0.4) is 0 Å². The van der Waals surface area contributed by atoms with Crippen molar-refractivity contribution in [3.8, 4) is 0 Å². The second-order valence-electron chi connectivity index (χ2n) is 1.73. The fourth-order valence-electron chi connectivity index (χ4n) is 0. The minimum Gasteiger partial charge on any atom is -0.412 e. The molecule has 160 valence electrons. The molecule has 0 amide bonds. The van der Waals surface area contributed by atoms with Gasteiger partial charge in [0.1, 0.15) is 0 Å². The summed E-state index contributed by atoms with van der Waals surface area (Å²) < 4.78 is 0. The summed E-state index contributed by atoms with van der Waals surface area (Å²) in [4.78, 5) is 0. The molecule has 0 spiro atoms. The molecular formula is H25B5O20. The van der Waals surface area contributed by atoms with Gasteiger partial charge in [0.15, 0.2) is 0 Å². The average Bonchev–Trinajstić information content (AvgIpc) is 1.94. The van der Waals surface area contributed by atoms with E-state index in [1.807, 2.05) is 0 Å². The van der Waals surface area contributed by atoms with Gasteiger partial charge in [-0.2, -0.15) is 0 Å². The van der Waals surface area contributed by atoms with Gasteiger partial charge in [0.2, 0.25) is 0 Å². The van der Waals surface area contributed by atoms with Crippen molar-refractivity contribution in [3.63, 3.8) is 0 Å². The van der Waals surface area contributed by atoms with E-state index in [4.69, 9.17) is 75.4 Å². The number of rotatable bonds is 0. The average molecular weight is 399 g/mol. The Morgan fingerprint density at radius 2 is 0.200 bits per heavy atom. The maximum absolute atomic E-state index is 7.17. The summed E-state index contributed by atoms with van der Waals surface area (Å²) >= 11 is 0. The minimum atomic E-state index is -2.17. The predicted octanol–water partition coefficient (Wildman–Crippen LogP) is -14.4. The van der Waals surface area contributed by atoms with Crippen LogP contribution in [0.15, 0.2) is 0 Å². The molecule has 0 saturated heterocycles. The Bertz CT molecular complexity index is 76.7. The van der Waals surface area contributed by atoms with E-state index in [9.17, 15) is 0 Å². The third kappa shape index (κ3) is 48200. The molecule has 20 nitrogen and oxygen atoms in total. The van der Waals surface area contributed by atoms with Crippen molar-refractivity contribution in [2.24, 2.45) is 0 Å². The summed E-state index contributed by atoms with van der Waals surface area (Å²) in [5.74, 6) is 0. The van der Waals surface area contributed by atoms with Gasteiger partial charge in [-0.1, -0.05) is 0 Å². The van der Waals surface area contributed by atoms with Gasteiger partial charge in [0.25, 0.3) is 0 Å². The molecule has 0 aliphatic rings. The van der Waals surface area contributed by atoms with Crippen molar-refractivity contribution in [2.75, 3.05) is 0 Å². The largest absolute Gasteiger partial charge is 0.631 e. The third-order valence-corrected chi connectivity index (χ3v) is 0. The summed E-state index contributed by atoms with van der Waals surface area (Å²) in [6.45, 7) is 0. The number of hydrogen-bond acceptors (Lipinski definition) is 15. The van der Waals surface area contributed by atoms with Crippen molar-refractivity contribution in [1.82, 2.24) is 0 Å². The van der Waals surface area contributed by atoms with E-state index in [1.165, 1.54) is 0 Å². The lowest BCUT2D eigenvalue weighted by Crippen LogP contribution is -2.07. The Labute approximate surface area is 140 Å². The quantitative estimate of drug-likeness (QED) is 0.168. The molecule has 0 heterocycles. The van der Waals surface area contributed by atoms with E-state index in [-0.39, 0.29) is 27.4 Å². The smallest absolute Gasteiger partial charge is 0.412 e. The van der Waals surface area contributed by atoms with Crippen LogP contribution in [0, 0.1) is 0 Å². The van der Waals surface area contributed by atoms with Crippen molar-refractivity contribution >= 4 is 36.6 Å². The second kappa shape index (κ2) is 56.6. The molecule has 25 heteroatoms. The highest BCUT2D eigenvalue weighted by molar-refractivity contribution is 6.31. The molecule has 0 bridgehead atoms. The van der Waals surface area contributed by atoms with E-state index in [1.54, 1.807) is 0 Å². The highest BCUT2D eigenvalue weighted by Gasteiger charge is 1.94. The van der Waals surface area contributed by atoms with Crippen LogP contribution in [0.2, 0.25) is 0 Å². The van der Waals surface area contributed by atoms with Crippen LogP contribution < -0.4 is 0 Å². The van der Waals surface area contributed by atoms with Gasteiger partial charge in [-0.05, 0) is 0 Å². The van der Waals surface area contributed by atoms with Crippen LogP contribution in [0.5, 0.6) is 0 Å². The monoisotopic (exact) mass is 400 g/mol. The molecule has 0 aliphatic carbocycles. The summed E-state index contributed by atoms with van der Waals surface area (Å²) in [7, 11) is -10.8. The number of hydrogen-bond donors (Lipinski definition) is 15. The molecule has 0 saturated carbocycles. The Kier molecular flexibility index (Phi) is 146. The molecule has 0 radical (unpaired) electrons. The highest BCUT2D eigenvalue weighted by Crippen LogP contribution is 1.41. The molecule has 0 rings (SSSR count). The molecule has 0 atom stereocenters. The van der Waals surface area contributed by atoms with Crippen molar-refractivity contribution < 1.29 is 103 Å². The van der Waals surface area contributed by atoms with Gasteiger partial charge < -0.3 is 103 Å². The molecule has 0 aromatic carbocycles. The lowest BCUT2D eigenvalue weighted by molar-refractivity contribution is 0.276. The zero-order valence-electron chi connectivity index (χ0n) is 12.1. The standard InChI is InChI=1S/5BH3O3.5H2O/c5*2-1(3)4;;;;;/h5*2-4H;5*1H2. The summed E-state index contributed by atoms with van der Waals surface area (Å²) in [6.07, 6.45) is 0. The highest BCUT2D eigenvalue weighted by atomic mass is 16.5. The first-order chi connectivity index (χ1) is 8.66. The first-order valence-corrected chi connectivity index (χ1v) is 3.87. The maximum Gasteiger partial charge on any atom is 0.631 e. The predicted molar refractivity (Wildman–Crippen MR) is 80.1 cm³/mol. The van der Waals surface area contributed by atoms with E-state index in [2.05, 4.69) is 0 Å². The van der Waals surface area contributed by atoms with E-state index >= 15 is 0 Å². The lowest BCUT2D eigenvalue weighted by atomic mass is 10.3. The Balaban J connectivity index is -0.0000000134. The van der Waals surface area contributed by atoms with Crippen molar-refractivity contribution in [1.29, 1.82) is 0 Å². The van der Waals surface area contributed by atoms with E-state index in [0.717, 1.165) is 0 Å². The molecule has 25 N–H and O–H groups in total. The zero-order chi connectivity index (χ0) is 17.9. The fourth-order valence-corrected chi connectivity index (χ4v) is 0. The zero-order valence-corrected chi connectivity index (χ0v) is 12.1. The van der Waals surface area contributed by atoms with Crippen LogP contribution >= 0.6 is 0 Å². The third-order valence-electron chi connectivity index (χ3n) is 0. The van der Waals surface area contributed by atoms with Crippen LogP contribution in [-0.4, -0.2) is 139 Å². The van der Waals surface area contributed by atoms with Crippen LogP contribution in [-0.2, 0) is 0 Å². The summed E-state index contributed by atoms with van der Waals surface area (Å²) in [5, 5.41) is 108. The Morgan fingerprint density at radius 1 is 0.200 bits per heavy atom. The second-order valence-corrected chi connectivity index (χ2v) is 1.73. The normalized spacial score (nSPS) is 5.40. The van der Waals surface area contributed by atoms with Crippen LogP contribution in [0.4, 0.5) is 0 Å². The summed E-state index contributed by atoms with van der Waals surface area (Å²) in [6, 6.07) is 0. The van der Waals surface area contributed by atoms with E-state index in [0.29, 0.717) is 0 Å². The molecule has 0 aromatic heterocycles. The van der Waals surface area contributed by atoms with Gasteiger partial charge in [-0.15, -0.1) is 0 Å². The SMILES string of the molecule is O.O.O.O.O.OB(O)O.OB(O)O.OB(O)O.OB(O)O.OB(O)O. The topological polar surface area (TPSA) is 461 Å². The van der Waals surface area contributed by atoms with Crippen molar-refractivity contribution in [2.45, 2.75) is 0 Å². The maximum atomic E-state index is 7.17. The summed E-state index contributed by atoms with van der Waals surface area (Å²) in [5.41, 5.74) is 0. The molecule has 25 heavy (non-hydrogen) atoms. The Morgan fingerprint density at radius 3 is 0.200 bits per heavy atom. The molecule has 0 aromatic rings. The van der Waals surface area contributed by atoms with Gasteiger partial charge in [-0.3, -0.25) is 0 Å². The molecule has 0 unspecified atom stereocenters. The first-order valence-electron chi connectivity index (χ1n) is 3.87. The molecule has 0 fully saturated rings. The molecule has 0 aliphatic heterocycles. The van der Waals surface area contributed by atoms with Gasteiger partial charge in [0, 0.05) is 0 Å². The first kappa shape index (κ1) is 64.3. The fraction of sp³-hybridized carbons (Fsp3) is 0. The minimum absolute atomic E-state index is 0. The lowest BCUT2D eigenvalue weighted by Gasteiger charge is -1.69. The van der Waals surface area contributed by atoms with Gasteiger partial charge >= 0.3 is 36.6 Å². The van der Waals surface area contributed by atoms with Crippen LogP contribution in [0.25, 0.3) is 0 Å². The molecular weight excluding hydrogens is 374 g/mol. The van der Waals surface area contributed by atoms with Gasteiger partial charge in [-0.25, -0.2) is 0 Å². The van der Waals surface area contributed by atoms with Crippen molar-refractivity contribution in [3.05, 3.63) is 0 Å². The Hall–Kier alpha value is -0.475. The van der Waals surface area contributed by atoms with Crippen LogP contribution in [0.1, 0.15) is 0 Å².